The van der Waals surface area contributed by atoms with Crippen LogP contribution in [-0.4, -0.2) is 5.91 Å². The Bertz CT molecular complexity index is 980. The first-order chi connectivity index (χ1) is 11.7. The molecule has 116 valence electrons. The van der Waals surface area contributed by atoms with Crippen LogP contribution in [0.3, 0.4) is 0 Å². The minimum Gasteiger partial charge on any atom is -0.321 e. The van der Waals surface area contributed by atoms with Gasteiger partial charge in [-0.1, -0.05) is 48.5 Å². The number of hydrogen-bond acceptors (Lipinski definition) is 2. The zero-order chi connectivity index (χ0) is 16.9. The second-order valence-corrected chi connectivity index (χ2v) is 5.54. The van der Waals surface area contributed by atoms with E-state index < -0.39 is 0 Å². The van der Waals surface area contributed by atoms with Crippen molar-refractivity contribution in [2.24, 2.45) is 0 Å². The molecule has 3 rings (SSSR count). The average Bonchev–Trinajstić information content (AvgIpc) is 2.61. The number of anilines is 1. The van der Waals surface area contributed by atoms with Crippen LogP contribution in [0, 0.1) is 11.3 Å². The Hall–Kier alpha value is -3.38. The van der Waals surface area contributed by atoms with Crippen LogP contribution in [0.25, 0.3) is 16.3 Å². The molecule has 0 radical (unpaired) electrons. The Balaban J connectivity index is 1.84. The second kappa shape index (κ2) is 6.80. The molecule has 0 saturated heterocycles. The molecule has 3 aromatic rings. The van der Waals surface area contributed by atoms with Crippen LogP contribution in [0.15, 0.2) is 72.8 Å². The van der Waals surface area contributed by atoms with Crippen LogP contribution in [0.4, 0.5) is 5.69 Å². The van der Waals surface area contributed by atoms with Gasteiger partial charge in [0, 0.05) is 6.08 Å². The second-order valence-electron chi connectivity index (χ2n) is 5.54. The van der Waals surface area contributed by atoms with E-state index in [1.807, 2.05) is 31.2 Å². The lowest BCUT2D eigenvalue weighted by Gasteiger charge is -2.07. The number of amides is 1. The molecule has 0 atom stereocenters. The number of nitriles is 1. The van der Waals surface area contributed by atoms with Crippen molar-refractivity contribution in [2.75, 3.05) is 5.32 Å². The first-order valence-corrected chi connectivity index (χ1v) is 7.65. The summed E-state index contributed by atoms with van der Waals surface area (Å²) in [5.74, 6) is -0.247. The van der Waals surface area contributed by atoms with Crippen molar-refractivity contribution in [1.82, 2.24) is 0 Å². The van der Waals surface area contributed by atoms with Crippen LogP contribution < -0.4 is 5.32 Å². The number of carbonyl (C=O) groups is 1. The van der Waals surface area contributed by atoms with E-state index >= 15 is 0 Å². The summed E-state index contributed by atoms with van der Waals surface area (Å²) in [6.45, 7) is 1.90. The molecular weight excluding hydrogens is 296 g/mol. The SMILES string of the molecule is C/C(=C/C(=O)Nc1ccccc1C#N)c1ccc2ccccc2c1. The topological polar surface area (TPSA) is 52.9 Å². The molecule has 0 saturated carbocycles. The standard InChI is InChI=1S/C21H16N2O/c1-15(17-11-10-16-6-2-3-7-18(16)13-17)12-21(24)23-20-9-5-4-8-19(20)14-22/h2-13H,1H3,(H,23,24)/b15-12-. The minimum atomic E-state index is -0.247. The van der Waals surface area contributed by atoms with Crippen LogP contribution in [0.2, 0.25) is 0 Å². The van der Waals surface area contributed by atoms with Gasteiger partial charge in [0.1, 0.15) is 6.07 Å². The van der Waals surface area contributed by atoms with Crippen LogP contribution in [-0.2, 0) is 4.79 Å². The first-order valence-electron chi connectivity index (χ1n) is 7.65. The number of fused-ring (bicyclic) bond motifs is 1. The molecule has 0 aliphatic heterocycles. The van der Waals surface area contributed by atoms with Gasteiger partial charge in [-0.25, -0.2) is 0 Å². The molecule has 0 fully saturated rings. The van der Waals surface area contributed by atoms with Crippen molar-refractivity contribution in [3.8, 4) is 6.07 Å². The lowest BCUT2D eigenvalue weighted by Crippen LogP contribution is -2.09. The highest BCUT2D eigenvalue weighted by molar-refractivity contribution is 6.04. The van der Waals surface area contributed by atoms with E-state index in [2.05, 4.69) is 29.6 Å². The Kier molecular flexibility index (Phi) is 4.40. The van der Waals surface area contributed by atoms with Gasteiger partial charge in [0.15, 0.2) is 0 Å². The molecule has 0 heterocycles. The Morgan fingerprint density at radius 3 is 2.50 bits per heavy atom. The van der Waals surface area contributed by atoms with Crippen molar-refractivity contribution < 1.29 is 4.79 Å². The van der Waals surface area contributed by atoms with Gasteiger partial charge in [0.2, 0.25) is 5.91 Å². The van der Waals surface area contributed by atoms with Gasteiger partial charge in [-0.3, -0.25) is 4.79 Å². The molecule has 0 bridgehead atoms. The van der Waals surface area contributed by atoms with E-state index in [1.165, 1.54) is 5.39 Å². The molecule has 0 aliphatic carbocycles. The van der Waals surface area contributed by atoms with Crippen LogP contribution in [0.5, 0.6) is 0 Å². The summed E-state index contributed by atoms with van der Waals surface area (Å²) in [7, 11) is 0. The molecule has 0 aromatic heterocycles. The first kappa shape index (κ1) is 15.5. The molecular formula is C21H16N2O. The summed E-state index contributed by atoms with van der Waals surface area (Å²) in [5, 5.41) is 14.1. The number of rotatable bonds is 3. The Labute approximate surface area is 140 Å². The highest BCUT2D eigenvalue weighted by Gasteiger charge is 2.05. The highest BCUT2D eigenvalue weighted by Crippen LogP contribution is 2.21. The number of benzene rings is 3. The minimum absolute atomic E-state index is 0.247. The van der Waals surface area contributed by atoms with E-state index in [0.29, 0.717) is 11.3 Å². The van der Waals surface area contributed by atoms with Gasteiger partial charge in [-0.15, -0.1) is 0 Å². The third kappa shape index (κ3) is 3.34. The summed E-state index contributed by atoms with van der Waals surface area (Å²) >= 11 is 0. The predicted octanol–water partition coefficient (Wildman–Crippen LogP) is 4.75. The van der Waals surface area contributed by atoms with Crippen molar-refractivity contribution in [1.29, 1.82) is 5.26 Å². The monoisotopic (exact) mass is 312 g/mol. The Morgan fingerprint density at radius 1 is 1.00 bits per heavy atom. The van der Waals surface area contributed by atoms with Gasteiger partial charge in [-0.2, -0.15) is 5.26 Å². The van der Waals surface area contributed by atoms with Crippen molar-refractivity contribution >= 4 is 27.9 Å². The van der Waals surface area contributed by atoms with Gasteiger partial charge in [0.25, 0.3) is 0 Å². The quantitative estimate of drug-likeness (QED) is 0.709. The summed E-state index contributed by atoms with van der Waals surface area (Å²) in [6, 6.07) is 23.3. The molecule has 3 aromatic carbocycles. The fourth-order valence-corrected chi connectivity index (χ4v) is 2.57. The zero-order valence-electron chi connectivity index (χ0n) is 13.3. The maximum atomic E-state index is 12.2. The average molecular weight is 312 g/mol. The fraction of sp³-hybridized carbons (Fsp3) is 0.0476. The maximum absolute atomic E-state index is 12.2. The summed E-state index contributed by atoms with van der Waals surface area (Å²) in [4.78, 5) is 12.2. The third-order valence-corrected chi connectivity index (χ3v) is 3.86. The largest absolute Gasteiger partial charge is 0.321 e. The molecule has 0 spiro atoms. The lowest BCUT2D eigenvalue weighted by molar-refractivity contribution is -0.111. The molecule has 1 amide bonds. The molecule has 1 N–H and O–H groups in total. The molecule has 3 nitrogen and oxygen atoms in total. The number of nitrogens with one attached hydrogen (secondary N) is 1. The van der Waals surface area contributed by atoms with E-state index in [0.717, 1.165) is 16.5 Å². The van der Waals surface area contributed by atoms with E-state index in [1.54, 1.807) is 30.3 Å². The molecule has 3 heteroatoms. The van der Waals surface area contributed by atoms with Crippen molar-refractivity contribution in [3.63, 3.8) is 0 Å². The number of carbonyl (C=O) groups excluding carboxylic acids is 1. The van der Waals surface area contributed by atoms with E-state index in [4.69, 9.17) is 5.26 Å². The van der Waals surface area contributed by atoms with E-state index in [9.17, 15) is 4.79 Å². The fourth-order valence-electron chi connectivity index (χ4n) is 2.57. The summed E-state index contributed by atoms with van der Waals surface area (Å²) in [6.07, 6.45) is 1.55. The normalized spacial score (nSPS) is 11.1. The molecule has 0 unspecified atom stereocenters. The lowest BCUT2D eigenvalue weighted by atomic mass is 10.0. The summed E-state index contributed by atoms with van der Waals surface area (Å²) in [5.41, 5.74) is 2.83. The maximum Gasteiger partial charge on any atom is 0.248 e. The summed E-state index contributed by atoms with van der Waals surface area (Å²) < 4.78 is 0. The number of hydrogen-bond donors (Lipinski definition) is 1. The molecule has 24 heavy (non-hydrogen) atoms. The van der Waals surface area contributed by atoms with Gasteiger partial charge in [-0.05, 0) is 47.0 Å². The number of para-hydroxylation sites is 1. The van der Waals surface area contributed by atoms with Gasteiger partial charge >= 0.3 is 0 Å². The van der Waals surface area contributed by atoms with Crippen LogP contribution in [0.1, 0.15) is 18.1 Å². The third-order valence-electron chi connectivity index (χ3n) is 3.86. The van der Waals surface area contributed by atoms with Crippen molar-refractivity contribution in [2.45, 2.75) is 6.92 Å². The zero-order valence-corrected chi connectivity index (χ0v) is 13.3. The van der Waals surface area contributed by atoms with Crippen LogP contribution >= 0.6 is 0 Å². The van der Waals surface area contributed by atoms with Gasteiger partial charge in [0.05, 0.1) is 11.3 Å². The Morgan fingerprint density at radius 2 is 1.71 bits per heavy atom. The van der Waals surface area contributed by atoms with Gasteiger partial charge < -0.3 is 5.32 Å². The molecule has 0 aliphatic rings. The van der Waals surface area contributed by atoms with Crippen molar-refractivity contribution in [3.05, 3.63) is 83.9 Å². The smallest absolute Gasteiger partial charge is 0.248 e. The number of allylic oxidation sites excluding steroid dienone is 1. The highest BCUT2D eigenvalue weighted by atomic mass is 16.1. The van der Waals surface area contributed by atoms with E-state index in [-0.39, 0.29) is 5.91 Å². The number of nitrogens with zero attached hydrogens (tertiary/aromatic N) is 1. The predicted molar refractivity (Wildman–Crippen MR) is 97.4 cm³/mol.